The van der Waals surface area contributed by atoms with Gasteiger partial charge >= 0.3 is 0 Å². The van der Waals surface area contributed by atoms with Gasteiger partial charge in [-0.15, -0.1) is 0 Å². The molecular weight excluding hydrogens is 162 g/mol. The second kappa shape index (κ2) is 5.60. The van der Waals surface area contributed by atoms with Crippen molar-refractivity contribution in [1.29, 1.82) is 0 Å². The molecule has 1 N–H and O–H groups in total. The molecule has 0 aliphatic heterocycles. The zero-order valence-electron chi connectivity index (χ0n) is 8.18. The number of furan rings is 1. The standard InChI is InChI=1S/C11H17NO/c1-3-10(2)9-12-7-6-11-5-4-8-13-11/h4-5,8,12H,2-3,6-7,9H2,1H3. The Balaban J connectivity index is 2.05. The summed E-state index contributed by atoms with van der Waals surface area (Å²) in [5, 5.41) is 3.31. The summed E-state index contributed by atoms with van der Waals surface area (Å²) in [4.78, 5) is 0. The lowest BCUT2D eigenvalue weighted by Gasteiger charge is -2.03. The van der Waals surface area contributed by atoms with E-state index in [9.17, 15) is 0 Å². The molecule has 0 amide bonds. The van der Waals surface area contributed by atoms with E-state index in [1.54, 1.807) is 6.26 Å². The third-order valence-corrected chi connectivity index (χ3v) is 2.00. The summed E-state index contributed by atoms with van der Waals surface area (Å²) >= 11 is 0. The topological polar surface area (TPSA) is 25.2 Å². The zero-order valence-corrected chi connectivity index (χ0v) is 8.18. The van der Waals surface area contributed by atoms with Gasteiger partial charge in [-0.2, -0.15) is 0 Å². The van der Waals surface area contributed by atoms with E-state index in [-0.39, 0.29) is 0 Å². The normalized spacial score (nSPS) is 10.2. The molecule has 0 spiro atoms. The van der Waals surface area contributed by atoms with Gasteiger partial charge in [-0.25, -0.2) is 0 Å². The minimum Gasteiger partial charge on any atom is -0.469 e. The third-order valence-electron chi connectivity index (χ3n) is 2.00. The van der Waals surface area contributed by atoms with Crippen LogP contribution in [0.1, 0.15) is 19.1 Å². The van der Waals surface area contributed by atoms with Gasteiger partial charge in [0.15, 0.2) is 0 Å². The predicted octanol–water partition coefficient (Wildman–Crippen LogP) is 2.38. The molecule has 0 atom stereocenters. The van der Waals surface area contributed by atoms with Crippen molar-refractivity contribution in [3.8, 4) is 0 Å². The second-order valence-electron chi connectivity index (χ2n) is 3.11. The average molecular weight is 179 g/mol. The fraction of sp³-hybridized carbons (Fsp3) is 0.455. The van der Waals surface area contributed by atoms with E-state index in [4.69, 9.17) is 4.42 Å². The predicted molar refractivity (Wildman–Crippen MR) is 54.7 cm³/mol. The number of hydrogen-bond acceptors (Lipinski definition) is 2. The smallest absolute Gasteiger partial charge is 0.105 e. The molecule has 0 saturated heterocycles. The van der Waals surface area contributed by atoms with Crippen LogP contribution < -0.4 is 5.32 Å². The maximum Gasteiger partial charge on any atom is 0.105 e. The summed E-state index contributed by atoms with van der Waals surface area (Å²) < 4.78 is 5.20. The molecule has 1 rings (SSSR count). The molecule has 0 bridgehead atoms. The minimum atomic E-state index is 0.914. The van der Waals surface area contributed by atoms with Crippen LogP contribution in [-0.4, -0.2) is 13.1 Å². The number of nitrogens with one attached hydrogen (secondary N) is 1. The van der Waals surface area contributed by atoms with E-state index in [1.165, 1.54) is 5.57 Å². The summed E-state index contributed by atoms with van der Waals surface area (Å²) in [5.74, 6) is 1.04. The molecule has 0 unspecified atom stereocenters. The largest absolute Gasteiger partial charge is 0.469 e. The monoisotopic (exact) mass is 179 g/mol. The molecule has 0 aliphatic rings. The van der Waals surface area contributed by atoms with Gasteiger partial charge in [0, 0.05) is 19.5 Å². The highest BCUT2D eigenvalue weighted by Crippen LogP contribution is 1.99. The summed E-state index contributed by atoms with van der Waals surface area (Å²) in [5.41, 5.74) is 1.25. The van der Waals surface area contributed by atoms with Crippen molar-refractivity contribution in [1.82, 2.24) is 5.32 Å². The molecule has 2 nitrogen and oxygen atoms in total. The summed E-state index contributed by atoms with van der Waals surface area (Å²) in [6.45, 7) is 7.91. The molecular formula is C11H17NO. The first kappa shape index (κ1) is 10.1. The van der Waals surface area contributed by atoms with Crippen molar-refractivity contribution in [3.63, 3.8) is 0 Å². The molecule has 0 fully saturated rings. The van der Waals surface area contributed by atoms with Gasteiger partial charge in [-0.05, 0) is 18.6 Å². The van der Waals surface area contributed by atoms with Gasteiger partial charge in [0.2, 0.25) is 0 Å². The maximum absolute atomic E-state index is 5.20. The Bertz CT molecular complexity index is 239. The van der Waals surface area contributed by atoms with Crippen molar-refractivity contribution >= 4 is 0 Å². The van der Waals surface area contributed by atoms with E-state index in [0.717, 1.165) is 31.7 Å². The Morgan fingerprint density at radius 3 is 3.08 bits per heavy atom. The highest BCUT2D eigenvalue weighted by atomic mass is 16.3. The first-order valence-electron chi connectivity index (χ1n) is 4.72. The lowest BCUT2D eigenvalue weighted by molar-refractivity contribution is 0.501. The van der Waals surface area contributed by atoms with Gasteiger partial charge < -0.3 is 9.73 Å². The van der Waals surface area contributed by atoms with Gasteiger partial charge in [0.05, 0.1) is 6.26 Å². The third kappa shape index (κ3) is 3.95. The summed E-state index contributed by atoms with van der Waals surface area (Å²) in [7, 11) is 0. The molecule has 1 aromatic heterocycles. The first-order chi connectivity index (χ1) is 6.33. The van der Waals surface area contributed by atoms with E-state index in [2.05, 4.69) is 18.8 Å². The van der Waals surface area contributed by atoms with Crippen LogP contribution in [0.15, 0.2) is 35.0 Å². The van der Waals surface area contributed by atoms with Crippen LogP contribution in [0, 0.1) is 0 Å². The van der Waals surface area contributed by atoms with Crippen molar-refractivity contribution < 1.29 is 4.42 Å². The molecule has 0 aliphatic carbocycles. The number of hydrogen-bond donors (Lipinski definition) is 1. The Labute approximate surface area is 79.6 Å². The van der Waals surface area contributed by atoms with Crippen LogP contribution in [0.3, 0.4) is 0 Å². The van der Waals surface area contributed by atoms with Crippen LogP contribution in [0.4, 0.5) is 0 Å². The highest BCUT2D eigenvalue weighted by molar-refractivity contribution is 4.99. The van der Waals surface area contributed by atoms with Gasteiger partial charge in [0.25, 0.3) is 0 Å². The van der Waals surface area contributed by atoms with Crippen molar-refractivity contribution in [3.05, 3.63) is 36.3 Å². The zero-order chi connectivity index (χ0) is 9.52. The molecule has 2 heteroatoms. The molecule has 13 heavy (non-hydrogen) atoms. The Kier molecular flexibility index (Phi) is 4.33. The van der Waals surface area contributed by atoms with Crippen LogP contribution >= 0.6 is 0 Å². The lowest BCUT2D eigenvalue weighted by Crippen LogP contribution is -2.19. The maximum atomic E-state index is 5.20. The lowest BCUT2D eigenvalue weighted by atomic mass is 10.2. The van der Waals surface area contributed by atoms with E-state index in [1.807, 2.05) is 12.1 Å². The summed E-state index contributed by atoms with van der Waals surface area (Å²) in [6.07, 6.45) is 3.71. The molecule has 0 radical (unpaired) electrons. The van der Waals surface area contributed by atoms with E-state index >= 15 is 0 Å². The molecule has 1 aromatic rings. The molecule has 0 aromatic carbocycles. The van der Waals surface area contributed by atoms with Gasteiger partial charge in [-0.1, -0.05) is 19.1 Å². The fourth-order valence-electron chi connectivity index (χ4n) is 1.06. The van der Waals surface area contributed by atoms with Gasteiger partial charge in [0.1, 0.15) is 5.76 Å². The van der Waals surface area contributed by atoms with Crippen LogP contribution in [0.25, 0.3) is 0 Å². The van der Waals surface area contributed by atoms with E-state index in [0.29, 0.717) is 0 Å². The molecule has 72 valence electrons. The highest BCUT2D eigenvalue weighted by Gasteiger charge is 1.94. The quantitative estimate of drug-likeness (QED) is 0.535. The van der Waals surface area contributed by atoms with Crippen LogP contribution in [-0.2, 0) is 6.42 Å². The number of rotatable bonds is 6. The van der Waals surface area contributed by atoms with E-state index < -0.39 is 0 Å². The Morgan fingerprint density at radius 2 is 2.46 bits per heavy atom. The first-order valence-corrected chi connectivity index (χ1v) is 4.72. The Morgan fingerprint density at radius 1 is 1.62 bits per heavy atom. The molecule has 0 saturated carbocycles. The Hall–Kier alpha value is -1.02. The minimum absolute atomic E-state index is 0.914. The van der Waals surface area contributed by atoms with Crippen LogP contribution in [0.5, 0.6) is 0 Å². The van der Waals surface area contributed by atoms with Crippen molar-refractivity contribution in [2.45, 2.75) is 19.8 Å². The summed E-state index contributed by atoms with van der Waals surface area (Å²) in [6, 6.07) is 3.91. The van der Waals surface area contributed by atoms with Crippen LogP contribution in [0.2, 0.25) is 0 Å². The SMILES string of the molecule is C=C(CC)CNCCc1ccco1. The molecule has 1 heterocycles. The van der Waals surface area contributed by atoms with Crippen molar-refractivity contribution in [2.75, 3.05) is 13.1 Å². The fourth-order valence-corrected chi connectivity index (χ4v) is 1.06. The van der Waals surface area contributed by atoms with Crippen molar-refractivity contribution in [2.24, 2.45) is 0 Å². The van der Waals surface area contributed by atoms with Gasteiger partial charge in [-0.3, -0.25) is 0 Å². The average Bonchev–Trinajstić information content (AvgIpc) is 2.64. The second-order valence-corrected chi connectivity index (χ2v) is 3.11.